The van der Waals surface area contributed by atoms with Crippen LogP contribution in [0.3, 0.4) is 0 Å². The van der Waals surface area contributed by atoms with E-state index >= 15 is 0 Å². The van der Waals surface area contributed by atoms with Crippen molar-refractivity contribution in [1.82, 2.24) is 5.32 Å². The van der Waals surface area contributed by atoms with E-state index in [-0.39, 0.29) is 5.69 Å². The molecular formula is C21H28N4O5S. The Hall–Kier alpha value is -3.14. The topological polar surface area (TPSA) is 107 Å². The first kappa shape index (κ1) is 24.1. The van der Waals surface area contributed by atoms with Crippen molar-refractivity contribution in [3.63, 3.8) is 0 Å². The molecule has 0 aliphatic heterocycles. The number of non-ortho nitro benzene ring substituents is 1. The zero-order chi connectivity index (χ0) is 22.6. The lowest BCUT2D eigenvalue weighted by atomic mass is 10.2. The fraction of sp³-hybridized carbons (Fsp3) is 0.381. The van der Waals surface area contributed by atoms with Crippen LogP contribution in [-0.2, 0) is 6.54 Å². The quantitative estimate of drug-likeness (QED) is 0.175. The van der Waals surface area contributed by atoms with E-state index in [0.29, 0.717) is 35.4 Å². The van der Waals surface area contributed by atoms with Crippen molar-refractivity contribution >= 4 is 29.1 Å². The van der Waals surface area contributed by atoms with Gasteiger partial charge in [-0.05, 0) is 24.0 Å². The summed E-state index contributed by atoms with van der Waals surface area (Å²) in [5.41, 5.74) is 1.63. The van der Waals surface area contributed by atoms with Crippen LogP contribution in [0.25, 0.3) is 0 Å². The Morgan fingerprint density at radius 2 is 1.74 bits per heavy atom. The molecule has 9 nitrogen and oxygen atoms in total. The molecule has 0 spiro atoms. The van der Waals surface area contributed by atoms with Crippen LogP contribution in [0.5, 0.6) is 17.2 Å². The summed E-state index contributed by atoms with van der Waals surface area (Å²) in [7, 11) is 4.68. The second-order valence-electron chi connectivity index (χ2n) is 6.40. The number of methoxy groups -OCH3 is 3. The van der Waals surface area contributed by atoms with Crippen molar-refractivity contribution in [2.45, 2.75) is 13.0 Å². The Bertz CT molecular complexity index is 865. The summed E-state index contributed by atoms with van der Waals surface area (Å²) >= 11 is 1.78. The number of anilines is 1. The standard InChI is InChI=1S/C21H28N4O5S/c1-28-18-12-16(13-19(29-2)20(18)30-3)24-21(22-10-5-11-31-4)23-14-15-6-8-17(9-7-15)25(26)27/h6-9,12-13H,5,10-11,14H2,1-4H3,(H2,22,23,24). The Kier molecular flexibility index (Phi) is 9.76. The van der Waals surface area contributed by atoms with Gasteiger partial charge in [0.25, 0.3) is 5.69 Å². The van der Waals surface area contributed by atoms with E-state index < -0.39 is 4.92 Å². The molecule has 0 atom stereocenters. The zero-order valence-electron chi connectivity index (χ0n) is 18.1. The Morgan fingerprint density at radius 1 is 1.10 bits per heavy atom. The molecule has 10 heteroatoms. The van der Waals surface area contributed by atoms with Crippen LogP contribution in [0.2, 0.25) is 0 Å². The highest BCUT2D eigenvalue weighted by Crippen LogP contribution is 2.39. The van der Waals surface area contributed by atoms with Gasteiger partial charge in [-0.3, -0.25) is 10.1 Å². The highest BCUT2D eigenvalue weighted by Gasteiger charge is 2.14. The molecule has 0 fully saturated rings. The van der Waals surface area contributed by atoms with Crippen molar-refractivity contribution in [2.75, 3.05) is 45.2 Å². The molecule has 2 aromatic rings. The van der Waals surface area contributed by atoms with Gasteiger partial charge in [-0.2, -0.15) is 11.8 Å². The molecule has 0 amide bonds. The lowest BCUT2D eigenvalue weighted by Gasteiger charge is -2.17. The van der Waals surface area contributed by atoms with Crippen LogP contribution >= 0.6 is 11.8 Å². The molecule has 2 aromatic carbocycles. The summed E-state index contributed by atoms with van der Waals surface area (Å²) in [5, 5.41) is 17.4. The number of aliphatic imine (C=N–C) groups is 1. The highest BCUT2D eigenvalue weighted by atomic mass is 32.2. The Morgan fingerprint density at radius 3 is 2.26 bits per heavy atom. The number of hydrogen-bond donors (Lipinski definition) is 2. The van der Waals surface area contributed by atoms with Gasteiger partial charge in [-0.25, -0.2) is 4.99 Å². The first-order valence-corrected chi connectivity index (χ1v) is 11.0. The van der Waals surface area contributed by atoms with Crippen LogP contribution in [0.1, 0.15) is 12.0 Å². The van der Waals surface area contributed by atoms with E-state index in [0.717, 1.165) is 24.3 Å². The number of hydrogen-bond acceptors (Lipinski definition) is 7. The second kappa shape index (κ2) is 12.5. The number of guanidine groups is 1. The monoisotopic (exact) mass is 448 g/mol. The number of ether oxygens (including phenoxy) is 3. The van der Waals surface area contributed by atoms with Gasteiger partial charge < -0.3 is 24.8 Å². The largest absolute Gasteiger partial charge is 0.493 e. The smallest absolute Gasteiger partial charge is 0.269 e. The average Bonchev–Trinajstić information content (AvgIpc) is 2.79. The molecule has 0 aromatic heterocycles. The molecule has 0 unspecified atom stereocenters. The Labute approximate surface area is 186 Å². The van der Waals surface area contributed by atoms with Crippen LogP contribution in [0.4, 0.5) is 11.4 Å². The predicted molar refractivity (Wildman–Crippen MR) is 125 cm³/mol. The molecule has 0 aliphatic carbocycles. The minimum Gasteiger partial charge on any atom is -0.493 e. The molecule has 0 aliphatic rings. The van der Waals surface area contributed by atoms with Gasteiger partial charge >= 0.3 is 0 Å². The van der Waals surface area contributed by atoms with Crippen molar-refractivity contribution < 1.29 is 19.1 Å². The van der Waals surface area contributed by atoms with Crippen LogP contribution in [0, 0.1) is 10.1 Å². The number of nitrogens with one attached hydrogen (secondary N) is 2. The van der Waals surface area contributed by atoms with E-state index in [9.17, 15) is 10.1 Å². The predicted octanol–water partition coefficient (Wildman–Crippen LogP) is 3.93. The zero-order valence-corrected chi connectivity index (χ0v) is 19.0. The normalized spacial score (nSPS) is 11.0. The molecular weight excluding hydrogens is 420 g/mol. The number of benzene rings is 2. The Balaban J connectivity index is 2.22. The number of nitro groups is 1. The summed E-state index contributed by atoms with van der Waals surface area (Å²) in [6, 6.07) is 9.95. The lowest BCUT2D eigenvalue weighted by Crippen LogP contribution is -2.32. The van der Waals surface area contributed by atoms with E-state index in [1.807, 2.05) is 0 Å². The van der Waals surface area contributed by atoms with E-state index in [4.69, 9.17) is 14.2 Å². The van der Waals surface area contributed by atoms with E-state index in [1.165, 1.54) is 12.1 Å². The van der Waals surface area contributed by atoms with Gasteiger partial charge in [0.05, 0.1) is 32.8 Å². The van der Waals surface area contributed by atoms with Gasteiger partial charge in [0.2, 0.25) is 5.75 Å². The molecule has 2 rings (SSSR count). The van der Waals surface area contributed by atoms with Gasteiger partial charge in [-0.1, -0.05) is 12.1 Å². The molecule has 0 bridgehead atoms. The van der Waals surface area contributed by atoms with Gasteiger partial charge in [0.1, 0.15) is 0 Å². The number of thioether (sulfide) groups is 1. The van der Waals surface area contributed by atoms with Crippen molar-refractivity contribution in [3.05, 3.63) is 52.1 Å². The summed E-state index contributed by atoms with van der Waals surface area (Å²) < 4.78 is 16.2. The lowest BCUT2D eigenvalue weighted by molar-refractivity contribution is -0.384. The van der Waals surface area contributed by atoms with E-state index in [2.05, 4.69) is 21.9 Å². The van der Waals surface area contributed by atoms with Crippen LogP contribution < -0.4 is 24.8 Å². The molecule has 168 valence electrons. The third-order valence-electron chi connectivity index (χ3n) is 4.31. The highest BCUT2D eigenvalue weighted by molar-refractivity contribution is 7.98. The first-order valence-electron chi connectivity index (χ1n) is 9.60. The number of rotatable bonds is 11. The molecule has 0 saturated carbocycles. The van der Waals surface area contributed by atoms with Crippen molar-refractivity contribution in [2.24, 2.45) is 4.99 Å². The molecule has 0 radical (unpaired) electrons. The molecule has 2 N–H and O–H groups in total. The fourth-order valence-corrected chi connectivity index (χ4v) is 3.18. The maximum atomic E-state index is 10.8. The fourth-order valence-electron chi connectivity index (χ4n) is 2.75. The van der Waals surface area contributed by atoms with Gasteiger partial charge in [0, 0.05) is 36.5 Å². The minimum absolute atomic E-state index is 0.0543. The second-order valence-corrected chi connectivity index (χ2v) is 7.39. The van der Waals surface area contributed by atoms with Gasteiger partial charge in [-0.15, -0.1) is 0 Å². The van der Waals surface area contributed by atoms with E-state index in [1.54, 1.807) is 57.4 Å². The third kappa shape index (κ3) is 7.25. The summed E-state index contributed by atoms with van der Waals surface area (Å²) in [4.78, 5) is 15.0. The van der Waals surface area contributed by atoms with Crippen molar-refractivity contribution in [1.29, 1.82) is 0 Å². The maximum Gasteiger partial charge on any atom is 0.269 e. The SMILES string of the molecule is COc1cc(NC(=NCc2ccc([N+](=O)[O-])cc2)NCCCSC)cc(OC)c1OC. The number of nitro benzene ring substituents is 1. The third-order valence-corrected chi connectivity index (χ3v) is 5.01. The van der Waals surface area contributed by atoms with Gasteiger partial charge in [0.15, 0.2) is 17.5 Å². The summed E-state index contributed by atoms with van der Waals surface area (Å²) in [5.74, 6) is 3.18. The molecule has 0 saturated heterocycles. The minimum atomic E-state index is -0.419. The average molecular weight is 449 g/mol. The summed E-state index contributed by atoms with van der Waals surface area (Å²) in [6.07, 6.45) is 3.05. The van der Waals surface area contributed by atoms with Crippen molar-refractivity contribution in [3.8, 4) is 17.2 Å². The molecule has 31 heavy (non-hydrogen) atoms. The van der Waals surface area contributed by atoms with Crippen LogP contribution in [-0.4, -0.2) is 50.8 Å². The number of nitrogens with zero attached hydrogens (tertiary/aromatic N) is 2. The maximum absolute atomic E-state index is 10.8. The molecule has 0 heterocycles. The first-order chi connectivity index (χ1) is 15.0. The summed E-state index contributed by atoms with van der Waals surface area (Å²) in [6.45, 7) is 1.11. The van der Waals surface area contributed by atoms with Crippen LogP contribution in [0.15, 0.2) is 41.4 Å².